The molecule has 7 heteroatoms. The largest absolute Gasteiger partial charge is 0.369 e. The molecule has 1 aliphatic heterocycles. The number of H-pyrrole nitrogens is 1. The fourth-order valence-electron chi connectivity index (χ4n) is 2.77. The number of carbonyl (C=O) groups excluding carboxylic acids is 2. The highest BCUT2D eigenvalue weighted by molar-refractivity contribution is 6.08. The average molecular weight is 287 g/mol. The maximum Gasteiger partial charge on any atom is 0.330 e. The Hall–Kier alpha value is -2.27. The number of nitrogens with two attached hydrogens (primary N) is 1. The van der Waals surface area contributed by atoms with Gasteiger partial charge in [0, 0.05) is 13.1 Å². The minimum Gasteiger partial charge on any atom is -0.369 e. The Balaban J connectivity index is 1.76. The number of nitrogen functional groups attached to an aromatic ring is 1. The van der Waals surface area contributed by atoms with Crippen molar-refractivity contribution in [2.75, 3.05) is 23.7 Å². The quantitative estimate of drug-likeness (QED) is 0.814. The van der Waals surface area contributed by atoms with E-state index < -0.39 is 0 Å². The van der Waals surface area contributed by atoms with Gasteiger partial charge in [0.05, 0.1) is 0 Å². The second-order valence-corrected chi connectivity index (χ2v) is 6.16. The first-order chi connectivity index (χ1) is 10.2. The van der Waals surface area contributed by atoms with Gasteiger partial charge in [0.1, 0.15) is 5.69 Å². The van der Waals surface area contributed by atoms with Crippen molar-refractivity contribution in [2.45, 2.75) is 25.7 Å². The molecular formula is C14H17N5O2. The molecule has 0 aromatic carbocycles. The molecule has 2 aliphatic carbocycles. The fraction of sp³-hybridized carbons (Fsp3) is 0.571. The number of aromatic amines is 1. The van der Waals surface area contributed by atoms with E-state index in [0.717, 1.165) is 25.7 Å². The Kier molecular flexibility index (Phi) is 2.59. The van der Waals surface area contributed by atoms with Crippen LogP contribution >= 0.6 is 0 Å². The highest BCUT2D eigenvalue weighted by atomic mass is 16.2. The molecule has 0 unspecified atom stereocenters. The maximum atomic E-state index is 12.8. The number of nitrogens with one attached hydrogen (secondary N) is 1. The minimum atomic E-state index is -0.175. The Morgan fingerprint density at radius 2 is 1.81 bits per heavy atom. The zero-order chi connectivity index (χ0) is 14.6. The first kappa shape index (κ1) is 12.5. The molecule has 2 amide bonds. The lowest BCUT2D eigenvalue weighted by atomic mass is 10.2. The molecule has 7 nitrogen and oxygen atoms in total. The highest BCUT2D eigenvalue weighted by Crippen LogP contribution is 2.40. The first-order valence-electron chi connectivity index (χ1n) is 7.37. The van der Waals surface area contributed by atoms with Crippen molar-refractivity contribution in [3.63, 3.8) is 0 Å². The number of carbonyl (C=O) groups is 1. The molecule has 1 aromatic heterocycles. The summed E-state index contributed by atoms with van der Waals surface area (Å²) in [5.74, 6) is 3.60. The predicted molar refractivity (Wildman–Crippen MR) is 77.0 cm³/mol. The van der Waals surface area contributed by atoms with E-state index in [2.05, 4.69) is 9.97 Å². The van der Waals surface area contributed by atoms with E-state index in [0.29, 0.717) is 36.4 Å². The normalized spacial score (nSPS) is 21.5. The van der Waals surface area contributed by atoms with Gasteiger partial charge in [-0.2, -0.15) is 4.98 Å². The molecular weight excluding hydrogens is 270 g/mol. The lowest BCUT2D eigenvalue weighted by molar-refractivity contribution is 0.221. The van der Waals surface area contributed by atoms with Crippen LogP contribution in [0, 0.1) is 11.8 Å². The summed E-state index contributed by atoms with van der Waals surface area (Å²) >= 11 is 0. The van der Waals surface area contributed by atoms with E-state index in [9.17, 15) is 9.59 Å². The Bertz CT molecular complexity index is 652. The average Bonchev–Trinajstić information content (AvgIpc) is 3.36. The monoisotopic (exact) mass is 287 g/mol. The van der Waals surface area contributed by atoms with Gasteiger partial charge in [0.15, 0.2) is 23.4 Å². The molecule has 4 rings (SSSR count). The third kappa shape index (κ3) is 2.10. The van der Waals surface area contributed by atoms with Gasteiger partial charge >= 0.3 is 6.03 Å². The number of anilines is 2. The van der Waals surface area contributed by atoms with Gasteiger partial charge in [0.25, 0.3) is 0 Å². The molecule has 0 bridgehead atoms. The van der Waals surface area contributed by atoms with Gasteiger partial charge in [-0.15, -0.1) is 0 Å². The number of imidazole rings is 1. The number of aromatic nitrogens is 2. The molecule has 3 aliphatic rings. The van der Waals surface area contributed by atoms with Crippen molar-refractivity contribution in [3.05, 3.63) is 5.69 Å². The number of rotatable bonds is 4. The molecule has 0 atom stereocenters. The highest BCUT2D eigenvalue weighted by Gasteiger charge is 2.42. The standard InChI is InChI=1S/C14H17N5O2/c15-13-16-11-10(7-20)18(5-8-1-2-8)14(21)19(12(11)17-13)6-9-3-4-9/h8-9H,1-6H2,(H3,15,16,17). The fourth-order valence-corrected chi connectivity index (χ4v) is 2.77. The van der Waals surface area contributed by atoms with E-state index in [4.69, 9.17) is 5.73 Å². The Labute approximate surface area is 121 Å². The molecule has 21 heavy (non-hydrogen) atoms. The lowest BCUT2D eigenvalue weighted by Crippen LogP contribution is -2.48. The summed E-state index contributed by atoms with van der Waals surface area (Å²) in [4.78, 5) is 34.4. The SMILES string of the molecule is Nc1nc2c([nH]1)C(=C=O)N(CC1CC1)C(=O)N2CC1CC1. The number of amides is 2. The van der Waals surface area contributed by atoms with Crippen molar-refractivity contribution in [1.82, 2.24) is 14.9 Å². The van der Waals surface area contributed by atoms with Gasteiger partial charge in [-0.1, -0.05) is 0 Å². The minimum absolute atomic E-state index is 0.175. The number of hydrogen-bond acceptors (Lipinski definition) is 4. The van der Waals surface area contributed by atoms with Crippen LogP contribution in [0.5, 0.6) is 0 Å². The van der Waals surface area contributed by atoms with Crippen LogP contribution in [0.3, 0.4) is 0 Å². The van der Waals surface area contributed by atoms with Crippen LogP contribution in [0.15, 0.2) is 0 Å². The molecule has 0 radical (unpaired) electrons. The molecule has 0 spiro atoms. The molecule has 2 heterocycles. The number of urea groups is 1. The molecule has 0 saturated heterocycles. The summed E-state index contributed by atoms with van der Waals surface area (Å²) in [7, 11) is 0. The van der Waals surface area contributed by atoms with Gasteiger partial charge in [-0.05, 0) is 37.5 Å². The Morgan fingerprint density at radius 3 is 2.38 bits per heavy atom. The van der Waals surface area contributed by atoms with E-state index in [1.54, 1.807) is 4.90 Å². The van der Waals surface area contributed by atoms with E-state index in [1.807, 2.05) is 5.94 Å². The van der Waals surface area contributed by atoms with E-state index in [-0.39, 0.29) is 17.7 Å². The zero-order valence-electron chi connectivity index (χ0n) is 11.6. The van der Waals surface area contributed by atoms with Gasteiger partial charge in [-0.3, -0.25) is 9.80 Å². The smallest absolute Gasteiger partial charge is 0.330 e. The van der Waals surface area contributed by atoms with Crippen molar-refractivity contribution in [1.29, 1.82) is 0 Å². The van der Waals surface area contributed by atoms with Crippen LogP contribution in [0.2, 0.25) is 0 Å². The summed E-state index contributed by atoms with van der Waals surface area (Å²) in [5.41, 5.74) is 6.47. The van der Waals surface area contributed by atoms with Crippen molar-refractivity contribution >= 4 is 29.4 Å². The predicted octanol–water partition coefficient (Wildman–Crippen LogP) is 1.23. The number of hydrogen-bond donors (Lipinski definition) is 2. The van der Waals surface area contributed by atoms with E-state index >= 15 is 0 Å². The number of fused-ring (bicyclic) bond motifs is 1. The van der Waals surface area contributed by atoms with Gasteiger partial charge < -0.3 is 10.7 Å². The second-order valence-electron chi connectivity index (χ2n) is 6.16. The Morgan fingerprint density at radius 1 is 1.19 bits per heavy atom. The summed E-state index contributed by atoms with van der Waals surface area (Å²) in [5, 5.41) is 0. The summed E-state index contributed by atoms with van der Waals surface area (Å²) < 4.78 is 0. The summed E-state index contributed by atoms with van der Waals surface area (Å²) in [6, 6.07) is -0.175. The van der Waals surface area contributed by atoms with Gasteiger partial charge in [-0.25, -0.2) is 9.59 Å². The molecule has 3 N–H and O–H groups in total. The van der Waals surface area contributed by atoms with Crippen molar-refractivity contribution in [3.8, 4) is 0 Å². The summed E-state index contributed by atoms with van der Waals surface area (Å²) in [6.07, 6.45) is 4.49. The van der Waals surface area contributed by atoms with Crippen molar-refractivity contribution in [2.24, 2.45) is 11.8 Å². The third-order valence-electron chi connectivity index (χ3n) is 4.30. The van der Waals surface area contributed by atoms with Crippen LogP contribution in [-0.4, -0.2) is 39.9 Å². The lowest BCUT2D eigenvalue weighted by Gasteiger charge is -2.34. The third-order valence-corrected chi connectivity index (χ3v) is 4.30. The maximum absolute atomic E-state index is 12.8. The topological polar surface area (TPSA) is 95.3 Å². The zero-order valence-corrected chi connectivity index (χ0v) is 11.6. The van der Waals surface area contributed by atoms with Crippen LogP contribution < -0.4 is 10.6 Å². The van der Waals surface area contributed by atoms with Gasteiger partial charge in [0.2, 0.25) is 0 Å². The van der Waals surface area contributed by atoms with Crippen LogP contribution in [0.1, 0.15) is 31.4 Å². The van der Waals surface area contributed by atoms with Crippen LogP contribution in [0.4, 0.5) is 16.6 Å². The van der Waals surface area contributed by atoms with Crippen molar-refractivity contribution < 1.29 is 9.59 Å². The van der Waals surface area contributed by atoms with E-state index in [1.165, 1.54) is 4.90 Å². The van der Waals surface area contributed by atoms with Crippen LogP contribution in [-0.2, 0) is 4.79 Å². The van der Waals surface area contributed by atoms with Crippen LogP contribution in [0.25, 0.3) is 5.70 Å². The second kappa shape index (κ2) is 4.36. The number of nitrogens with zero attached hydrogens (tertiary/aromatic N) is 3. The molecule has 2 saturated carbocycles. The molecule has 2 fully saturated rings. The molecule has 110 valence electrons. The summed E-state index contributed by atoms with van der Waals surface area (Å²) in [6.45, 7) is 1.21. The molecule has 1 aromatic rings. The first-order valence-corrected chi connectivity index (χ1v) is 7.37.